The smallest absolute Gasteiger partial charge is 0.408 e. The van der Waals surface area contributed by atoms with E-state index >= 15 is 0 Å². The summed E-state index contributed by atoms with van der Waals surface area (Å²) in [5.74, 6) is 0.333. The summed E-state index contributed by atoms with van der Waals surface area (Å²) in [6.07, 6.45) is -0.585. The van der Waals surface area contributed by atoms with Crippen molar-refractivity contribution < 1.29 is 9.53 Å². The molecule has 0 saturated carbocycles. The third-order valence-electron chi connectivity index (χ3n) is 4.29. The predicted octanol–water partition coefficient (Wildman–Crippen LogP) is 3.69. The van der Waals surface area contributed by atoms with Crippen LogP contribution in [0.15, 0.2) is 35.1 Å². The monoisotopic (exact) mass is 396 g/mol. The van der Waals surface area contributed by atoms with Gasteiger partial charge in [-0.25, -0.2) is 9.78 Å². The van der Waals surface area contributed by atoms with Crippen molar-refractivity contribution >= 4 is 6.09 Å². The third-order valence-corrected chi connectivity index (χ3v) is 4.29. The minimum atomic E-state index is -0.649. The van der Waals surface area contributed by atoms with Crippen LogP contribution >= 0.6 is 0 Å². The molecule has 0 aliphatic rings. The van der Waals surface area contributed by atoms with Crippen molar-refractivity contribution in [3.05, 3.63) is 63.3 Å². The Morgan fingerprint density at radius 3 is 2.41 bits per heavy atom. The SMILES string of the molecule is Cc1nc(C(NC(=O)OC(C)(C)C)C(C)C)n(Cc2ccccc2)c(=O)c1C#N. The van der Waals surface area contributed by atoms with Gasteiger partial charge in [0.25, 0.3) is 5.56 Å². The van der Waals surface area contributed by atoms with Crippen LogP contribution in [0.4, 0.5) is 4.79 Å². The Morgan fingerprint density at radius 1 is 1.28 bits per heavy atom. The highest BCUT2D eigenvalue weighted by Crippen LogP contribution is 2.22. The fourth-order valence-corrected chi connectivity index (χ4v) is 2.93. The van der Waals surface area contributed by atoms with Gasteiger partial charge in [0.2, 0.25) is 0 Å². The average Bonchev–Trinajstić information content (AvgIpc) is 2.61. The lowest BCUT2D eigenvalue weighted by Gasteiger charge is -2.27. The molecule has 0 bridgehead atoms. The lowest BCUT2D eigenvalue weighted by atomic mass is 10.0. The molecule has 0 aliphatic carbocycles. The Labute approximate surface area is 171 Å². The van der Waals surface area contributed by atoms with E-state index in [9.17, 15) is 14.9 Å². The standard InChI is InChI=1S/C22H28N4O3/c1-14(2)18(25-21(28)29-22(4,5)6)19-24-15(3)17(12-23)20(27)26(19)13-16-10-8-7-9-11-16/h7-11,14,18H,13H2,1-6H3,(H,25,28). The molecule has 1 N–H and O–H groups in total. The van der Waals surface area contributed by atoms with Gasteiger partial charge in [0.05, 0.1) is 18.3 Å². The van der Waals surface area contributed by atoms with E-state index in [2.05, 4.69) is 10.3 Å². The summed E-state index contributed by atoms with van der Waals surface area (Å²) in [4.78, 5) is 30.0. The van der Waals surface area contributed by atoms with Crippen molar-refractivity contribution in [1.82, 2.24) is 14.9 Å². The van der Waals surface area contributed by atoms with Gasteiger partial charge >= 0.3 is 6.09 Å². The molecule has 1 amide bonds. The van der Waals surface area contributed by atoms with Gasteiger partial charge in [0, 0.05) is 0 Å². The molecule has 154 valence electrons. The van der Waals surface area contributed by atoms with E-state index in [0.29, 0.717) is 11.5 Å². The molecule has 7 heteroatoms. The van der Waals surface area contributed by atoms with Crippen molar-refractivity contribution in [3.8, 4) is 6.07 Å². The zero-order chi connectivity index (χ0) is 21.8. The van der Waals surface area contributed by atoms with Crippen LogP contribution in [0.3, 0.4) is 0 Å². The number of amides is 1. The second-order valence-electron chi connectivity index (χ2n) is 8.29. The Bertz CT molecular complexity index is 967. The van der Waals surface area contributed by atoms with E-state index in [-0.39, 0.29) is 18.0 Å². The molecular formula is C22H28N4O3. The van der Waals surface area contributed by atoms with Crippen molar-refractivity contribution in [2.75, 3.05) is 0 Å². The van der Waals surface area contributed by atoms with Gasteiger partial charge in [-0.05, 0) is 39.2 Å². The molecule has 7 nitrogen and oxygen atoms in total. The fraction of sp³-hybridized carbons (Fsp3) is 0.455. The molecule has 0 fully saturated rings. The zero-order valence-electron chi connectivity index (χ0n) is 17.8. The normalized spacial score (nSPS) is 12.3. The molecule has 2 rings (SSSR count). The second kappa shape index (κ2) is 8.91. The first-order chi connectivity index (χ1) is 13.5. The van der Waals surface area contributed by atoms with E-state index < -0.39 is 23.3 Å². The summed E-state index contributed by atoms with van der Waals surface area (Å²) in [5, 5.41) is 12.2. The van der Waals surface area contributed by atoms with E-state index in [4.69, 9.17) is 4.74 Å². The topological polar surface area (TPSA) is 97.0 Å². The number of rotatable bonds is 5. The average molecular weight is 396 g/mol. The summed E-state index contributed by atoms with van der Waals surface area (Å²) < 4.78 is 6.85. The molecule has 29 heavy (non-hydrogen) atoms. The van der Waals surface area contributed by atoms with Crippen molar-refractivity contribution in [1.29, 1.82) is 5.26 Å². The van der Waals surface area contributed by atoms with Crippen LogP contribution < -0.4 is 10.9 Å². The first kappa shape index (κ1) is 22.2. The number of hydrogen-bond donors (Lipinski definition) is 1. The predicted molar refractivity (Wildman–Crippen MR) is 110 cm³/mol. The highest BCUT2D eigenvalue weighted by molar-refractivity contribution is 5.68. The van der Waals surface area contributed by atoms with Crippen LogP contribution in [0, 0.1) is 24.2 Å². The van der Waals surface area contributed by atoms with Gasteiger partial charge in [-0.15, -0.1) is 0 Å². The molecular weight excluding hydrogens is 368 g/mol. The van der Waals surface area contributed by atoms with Crippen LogP contribution in [-0.4, -0.2) is 21.2 Å². The Hall–Kier alpha value is -3.14. The van der Waals surface area contributed by atoms with E-state index in [1.54, 1.807) is 27.7 Å². The van der Waals surface area contributed by atoms with Gasteiger partial charge in [-0.2, -0.15) is 5.26 Å². The van der Waals surface area contributed by atoms with Crippen LogP contribution in [0.1, 0.15) is 63.3 Å². The summed E-state index contributed by atoms with van der Waals surface area (Å²) in [6, 6.07) is 10.8. The lowest BCUT2D eigenvalue weighted by molar-refractivity contribution is 0.0484. The van der Waals surface area contributed by atoms with Gasteiger partial charge in [0.15, 0.2) is 0 Å². The quantitative estimate of drug-likeness (QED) is 0.831. The Balaban J connectivity index is 2.56. The molecule has 0 radical (unpaired) electrons. The summed E-state index contributed by atoms with van der Waals surface area (Å²) in [7, 11) is 0. The summed E-state index contributed by atoms with van der Waals surface area (Å²) in [5.41, 5.74) is 0.169. The maximum absolute atomic E-state index is 13.0. The van der Waals surface area contributed by atoms with Gasteiger partial charge < -0.3 is 10.1 Å². The minimum absolute atomic E-state index is 0.00413. The highest BCUT2D eigenvalue weighted by atomic mass is 16.6. The molecule has 1 aromatic heterocycles. The molecule has 1 atom stereocenters. The molecule has 1 unspecified atom stereocenters. The number of aromatic nitrogens is 2. The molecule has 0 spiro atoms. The Kier molecular flexibility index (Phi) is 6.80. The number of nitrogens with one attached hydrogen (secondary N) is 1. The number of carbonyl (C=O) groups is 1. The first-order valence-corrected chi connectivity index (χ1v) is 9.58. The van der Waals surface area contributed by atoms with Crippen molar-refractivity contribution in [2.24, 2.45) is 5.92 Å². The second-order valence-corrected chi connectivity index (χ2v) is 8.29. The van der Waals surface area contributed by atoms with Gasteiger partial charge in [0.1, 0.15) is 23.1 Å². The van der Waals surface area contributed by atoms with Crippen molar-refractivity contribution in [2.45, 2.75) is 59.7 Å². The summed E-state index contributed by atoms with van der Waals surface area (Å²) in [6.45, 7) is 11.1. The number of hydrogen-bond acceptors (Lipinski definition) is 5. The van der Waals surface area contributed by atoms with Gasteiger partial charge in [-0.1, -0.05) is 44.2 Å². The zero-order valence-corrected chi connectivity index (χ0v) is 17.8. The maximum Gasteiger partial charge on any atom is 0.408 e. The molecule has 1 aromatic carbocycles. The van der Waals surface area contributed by atoms with Gasteiger partial charge in [-0.3, -0.25) is 9.36 Å². The number of nitriles is 1. The van der Waals surface area contributed by atoms with E-state index in [1.165, 1.54) is 4.57 Å². The highest BCUT2D eigenvalue weighted by Gasteiger charge is 2.28. The molecule has 0 saturated heterocycles. The number of alkyl carbamates (subject to hydrolysis) is 1. The summed E-state index contributed by atoms with van der Waals surface area (Å²) >= 11 is 0. The number of aryl methyl sites for hydroxylation is 1. The fourth-order valence-electron chi connectivity index (χ4n) is 2.93. The minimum Gasteiger partial charge on any atom is -0.444 e. The molecule has 0 aliphatic heterocycles. The maximum atomic E-state index is 13.0. The van der Waals surface area contributed by atoms with Crippen LogP contribution in [0.5, 0.6) is 0 Å². The molecule has 2 aromatic rings. The third kappa shape index (κ3) is 5.67. The van der Waals surface area contributed by atoms with Crippen LogP contribution in [-0.2, 0) is 11.3 Å². The number of ether oxygens (including phenoxy) is 1. The van der Waals surface area contributed by atoms with Crippen LogP contribution in [0.25, 0.3) is 0 Å². The van der Waals surface area contributed by atoms with E-state index in [1.807, 2.05) is 50.2 Å². The Morgan fingerprint density at radius 2 is 1.90 bits per heavy atom. The largest absolute Gasteiger partial charge is 0.444 e. The number of benzene rings is 1. The van der Waals surface area contributed by atoms with Crippen LogP contribution in [0.2, 0.25) is 0 Å². The molecule has 1 heterocycles. The van der Waals surface area contributed by atoms with Crippen molar-refractivity contribution in [3.63, 3.8) is 0 Å². The number of carbonyl (C=O) groups excluding carboxylic acids is 1. The van der Waals surface area contributed by atoms with E-state index in [0.717, 1.165) is 5.56 Å². The number of nitrogens with zero attached hydrogens (tertiary/aromatic N) is 3. The first-order valence-electron chi connectivity index (χ1n) is 9.58. The lowest BCUT2D eigenvalue weighted by Crippen LogP contribution is -2.41.